The minimum atomic E-state index is -1.63. The van der Waals surface area contributed by atoms with E-state index in [1.165, 1.54) is 12.2 Å². The van der Waals surface area contributed by atoms with E-state index < -0.39 is 13.0 Å². The molecule has 14 heavy (non-hydrogen) atoms. The molecule has 0 unspecified atom stereocenters. The first-order chi connectivity index (χ1) is 6.51. The molecule has 0 aliphatic heterocycles. The van der Waals surface area contributed by atoms with Crippen molar-refractivity contribution in [3.63, 3.8) is 0 Å². The summed E-state index contributed by atoms with van der Waals surface area (Å²) in [5.74, 6) is -0.415. The standard InChI is InChI=1S/C9H12BNO3/c1-4-8(10(13)14)6-7(3)11-9(12)5-2/h4-6,13-14H,1-3H2,(H,11,12). The Morgan fingerprint density at radius 2 is 1.86 bits per heavy atom. The van der Waals surface area contributed by atoms with E-state index in [-0.39, 0.29) is 11.2 Å². The van der Waals surface area contributed by atoms with Crippen LogP contribution in [0, 0.1) is 0 Å². The highest BCUT2D eigenvalue weighted by molar-refractivity contribution is 6.51. The second-order valence-electron chi connectivity index (χ2n) is 2.44. The second kappa shape index (κ2) is 5.96. The first-order valence-corrected chi connectivity index (χ1v) is 3.83. The number of nitrogens with one attached hydrogen (secondary N) is 1. The summed E-state index contributed by atoms with van der Waals surface area (Å²) in [5, 5.41) is 19.9. The monoisotopic (exact) mass is 193 g/mol. The van der Waals surface area contributed by atoms with E-state index in [0.717, 1.165) is 6.08 Å². The lowest BCUT2D eigenvalue weighted by Gasteiger charge is -2.03. The Labute approximate surface area is 83.1 Å². The number of hydrogen-bond donors (Lipinski definition) is 3. The lowest BCUT2D eigenvalue weighted by atomic mass is 9.79. The summed E-state index contributed by atoms with van der Waals surface area (Å²) < 4.78 is 0. The molecule has 0 heterocycles. The zero-order chi connectivity index (χ0) is 11.1. The smallest absolute Gasteiger partial charge is 0.423 e. The first-order valence-electron chi connectivity index (χ1n) is 3.83. The number of amides is 1. The summed E-state index contributed by atoms with van der Waals surface area (Å²) in [5.41, 5.74) is 0.386. The van der Waals surface area contributed by atoms with Gasteiger partial charge in [0.25, 0.3) is 0 Å². The van der Waals surface area contributed by atoms with Crippen LogP contribution in [0.5, 0.6) is 0 Å². The molecule has 0 fully saturated rings. The number of carbonyl (C=O) groups excluding carboxylic acids is 1. The maximum atomic E-state index is 10.8. The quantitative estimate of drug-likeness (QED) is 0.325. The molecule has 0 aromatic carbocycles. The fourth-order valence-electron chi connectivity index (χ4n) is 0.685. The Morgan fingerprint density at radius 3 is 2.21 bits per heavy atom. The third-order valence-corrected chi connectivity index (χ3v) is 1.34. The lowest BCUT2D eigenvalue weighted by molar-refractivity contribution is -0.115. The molecular weight excluding hydrogens is 181 g/mol. The maximum absolute atomic E-state index is 10.8. The molecule has 1 amide bonds. The summed E-state index contributed by atoms with van der Waals surface area (Å²) in [6.07, 6.45) is 3.65. The highest BCUT2D eigenvalue weighted by atomic mass is 16.4. The summed E-state index contributed by atoms with van der Waals surface area (Å²) in [6.45, 7) is 10.1. The SMILES string of the molecule is C=CC(=O)NC(=C)C=C(C=C)B(O)O. The third-order valence-electron chi connectivity index (χ3n) is 1.34. The van der Waals surface area contributed by atoms with Gasteiger partial charge in [0.2, 0.25) is 5.91 Å². The van der Waals surface area contributed by atoms with Gasteiger partial charge < -0.3 is 15.4 Å². The van der Waals surface area contributed by atoms with Crippen LogP contribution < -0.4 is 5.32 Å². The predicted molar refractivity (Wildman–Crippen MR) is 56.0 cm³/mol. The molecule has 0 saturated heterocycles. The average Bonchev–Trinajstić information content (AvgIpc) is 2.13. The van der Waals surface area contributed by atoms with Crippen molar-refractivity contribution >= 4 is 13.0 Å². The molecule has 0 radical (unpaired) electrons. The van der Waals surface area contributed by atoms with Crippen molar-refractivity contribution in [2.24, 2.45) is 0 Å². The fraction of sp³-hybridized carbons (Fsp3) is 0. The third kappa shape index (κ3) is 4.44. The average molecular weight is 193 g/mol. The Kier molecular flexibility index (Phi) is 5.28. The van der Waals surface area contributed by atoms with E-state index in [2.05, 4.69) is 25.1 Å². The van der Waals surface area contributed by atoms with Crippen LogP contribution in [0.2, 0.25) is 0 Å². The van der Waals surface area contributed by atoms with Crippen LogP contribution in [-0.4, -0.2) is 23.1 Å². The van der Waals surface area contributed by atoms with Gasteiger partial charge in [-0.1, -0.05) is 25.8 Å². The zero-order valence-corrected chi connectivity index (χ0v) is 7.73. The highest BCUT2D eigenvalue weighted by Crippen LogP contribution is 2.01. The molecule has 0 bridgehead atoms. The van der Waals surface area contributed by atoms with Crippen molar-refractivity contribution in [1.29, 1.82) is 0 Å². The van der Waals surface area contributed by atoms with Gasteiger partial charge in [-0.3, -0.25) is 4.79 Å². The maximum Gasteiger partial charge on any atom is 0.488 e. The first kappa shape index (κ1) is 12.4. The summed E-state index contributed by atoms with van der Waals surface area (Å²) in [6, 6.07) is 0. The number of hydrogen-bond acceptors (Lipinski definition) is 3. The van der Waals surface area contributed by atoms with E-state index in [9.17, 15) is 4.79 Å². The summed E-state index contributed by atoms with van der Waals surface area (Å²) in [4.78, 5) is 10.8. The Morgan fingerprint density at radius 1 is 1.29 bits per heavy atom. The minimum Gasteiger partial charge on any atom is -0.423 e. The van der Waals surface area contributed by atoms with Crippen molar-refractivity contribution in [1.82, 2.24) is 5.32 Å². The molecule has 0 saturated carbocycles. The van der Waals surface area contributed by atoms with Gasteiger partial charge in [0.15, 0.2) is 0 Å². The van der Waals surface area contributed by atoms with Crippen LogP contribution in [0.1, 0.15) is 0 Å². The van der Waals surface area contributed by atoms with Crippen molar-refractivity contribution in [2.45, 2.75) is 0 Å². The number of allylic oxidation sites excluding steroid dienone is 3. The molecule has 0 aromatic heterocycles. The van der Waals surface area contributed by atoms with Crippen LogP contribution in [0.4, 0.5) is 0 Å². The van der Waals surface area contributed by atoms with Crippen LogP contribution in [-0.2, 0) is 4.79 Å². The zero-order valence-electron chi connectivity index (χ0n) is 7.73. The molecule has 0 aromatic rings. The van der Waals surface area contributed by atoms with Gasteiger partial charge in [-0.15, -0.1) is 0 Å². The molecule has 3 N–H and O–H groups in total. The molecule has 5 heteroatoms. The van der Waals surface area contributed by atoms with Crippen LogP contribution in [0.3, 0.4) is 0 Å². The number of rotatable bonds is 5. The highest BCUT2D eigenvalue weighted by Gasteiger charge is 2.11. The molecule has 4 nitrogen and oxygen atoms in total. The van der Waals surface area contributed by atoms with Crippen LogP contribution in [0.25, 0.3) is 0 Å². The van der Waals surface area contributed by atoms with E-state index in [1.54, 1.807) is 0 Å². The van der Waals surface area contributed by atoms with Gasteiger partial charge in [-0.05, 0) is 17.6 Å². The van der Waals surface area contributed by atoms with Gasteiger partial charge >= 0.3 is 7.12 Å². The Bertz CT molecular complexity index is 294. The fourth-order valence-corrected chi connectivity index (χ4v) is 0.685. The Hall–Kier alpha value is -1.59. The van der Waals surface area contributed by atoms with E-state index >= 15 is 0 Å². The van der Waals surface area contributed by atoms with Gasteiger partial charge in [-0.25, -0.2) is 0 Å². The molecule has 0 rings (SSSR count). The topological polar surface area (TPSA) is 69.6 Å². The summed E-state index contributed by atoms with van der Waals surface area (Å²) in [7, 11) is -1.63. The van der Waals surface area contributed by atoms with Crippen molar-refractivity contribution in [3.05, 3.63) is 49.1 Å². The van der Waals surface area contributed by atoms with Crippen molar-refractivity contribution < 1.29 is 14.8 Å². The molecule has 0 aliphatic rings. The van der Waals surface area contributed by atoms with Crippen LogP contribution in [0.15, 0.2) is 49.1 Å². The predicted octanol–water partition coefficient (Wildman–Crippen LogP) is -0.0733. The largest absolute Gasteiger partial charge is 0.488 e. The van der Waals surface area contributed by atoms with Crippen molar-refractivity contribution in [2.75, 3.05) is 0 Å². The van der Waals surface area contributed by atoms with Gasteiger partial charge in [-0.2, -0.15) is 0 Å². The van der Waals surface area contributed by atoms with Gasteiger partial charge in [0.1, 0.15) is 0 Å². The van der Waals surface area contributed by atoms with Gasteiger partial charge in [0, 0.05) is 5.70 Å². The Balaban J connectivity index is 4.47. The van der Waals surface area contributed by atoms with Gasteiger partial charge in [0.05, 0.1) is 0 Å². The van der Waals surface area contributed by atoms with E-state index in [0.29, 0.717) is 0 Å². The summed E-state index contributed by atoms with van der Waals surface area (Å²) >= 11 is 0. The molecule has 74 valence electrons. The second-order valence-corrected chi connectivity index (χ2v) is 2.44. The number of carbonyl (C=O) groups is 1. The molecule has 0 aliphatic carbocycles. The van der Waals surface area contributed by atoms with E-state index in [1.807, 2.05) is 0 Å². The minimum absolute atomic E-state index is 0.152. The molecule has 0 atom stereocenters. The van der Waals surface area contributed by atoms with Crippen LogP contribution >= 0.6 is 0 Å². The van der Waals surface area contributed by atoms with Crippen molar-refractivity contribution in [3.8, 4) is 0 Å². The van der Waals surface area contributed by atoms with E-state index in [4.69, 9.17) is 10.0 Å². The molecular formula is C9H12BNO3. The molecule has 0 spiro atoms. The normalized spacial score (nSPS) is 10.3. The lowest BCUT2D eigenvalue weighted by Crippen LogP contribution is -2.20.